The van der Waals surface area contributed by atoms with Crippen molar-refractivity contribution >= 4 is 28.9 Å². The van der Waals surface area contributed by atoms with Gasteiger partial charge in [0, 0.05) is 12.7 Å². The van der Waals surface area contributed by atoms with Crippen LogP contribution in [0.2, 0.25) is 0 Å². The Morgan fingerprint density at radius 2 is 2.05 bits per heavy atom. The molecule has 0 spiro atoms. The molecule has 2 aromatic rings. The largest absolute Gasteiger partial charge is 0.480 e. The second-order valence-electron chi connectivity index (χ2n) is 4.25. The van der Waals surface area contributed by atoms with Crippen molar-refractivity contribution in [3.8, 4) is 5.88 Å². The molecular formula is C14H16N6OS. The van der Waals surface area contributed by atoms with Crippen LogP contribution in [-0.2, 0) is 0 Å². The highest BCUT2D eigenvalue weighted by atomic mass is 32.1. The lowest BCUT2D eigenvalue weighted by Crippen LogP contribution is -2.30. The molecule has 0 saturated heterocycles. The summed E-state index contributed by atoms with van der Waals surface area (Å²) in [5.41, 5.74) is 7.19. The molecule has 7 nitrogen and oxygen atoms in total. The third-order valence-corrected chi connectivity index (χ3v) is 3.03. The number of hydrogen-bond donors (Lipinski definition) is 2. The fourth-order valence-corrected chi connectivity index (χ4v) is 1.71. The van der Waals surface area contributed by atoms with E-state index < -0.39 is 0 Å². The highest BCUT2D eigenvalue weighted by molar-refractivity contribution is 7.80. The lowest BCUT2D eigenvalue weighted by Gasteiger charge is -2.16. The zero-order valence-corrected chi connectivity index (χ0v) is 13.0. The molecule has 8 heteroatoms. The number of methoxy groups -OCH3 is 1. The van der Waals surface area contributed by atoms with Crippen LogP contribution in [0.15, 0.2) is 47.8 Å². The van der Waals surface area contributed by atoms with Crippen molar-refractivity contribution in [1.82, 2.24) is 15.0 Å². The second-order valence-corrected chi connectivity index (χ2v) is 4.64. The van der Waals surface area contributed by atoms with Gasteiger partial charge >= 0.3 is 0 Å². The molecule has 1 heterocycles. The summed E-state index contributed by atoms with van der Waals surface area (Å²) in [6.45, 7) is 0. The Morgan fingerprint density at radius 3 is 2.73 bits per heavy atom. The van der Waals surface area contributed by atoms with E-state index >= 15 is 0 Å². The van der Waals surface area contributed by atoms with Gasteiger partial charge in [-0.1, -0.05) is 18.2 Å². The van der Waals surface area contributed by atoms with E-state index in [1.54, 1.807) is 7.05 Å². The summed E-state index contributed by atoms with van der Waals surface area (Å²) in [5.74, 6) is 0.550. The lowest BCUT2D eigenvalue weighted by molar-refractivity contribution is 0.395. The average Bonchev–Trinajstić information content (AvgIpc) is 2.55. The van der Waals surface area contributed by atoms with Crippen LogP contribution in [0, 0.1) is 0 Å². The maximum atomic E-state index is 5.91. The van der Waals surface area contributed by atoms with Crippen molar-refractivity contribution < 1.29 is 4.74 Å². The Morgan fingerprint density at radius 1 is 1.32 bits per heavy atom. The first-order valence-electron chi connectivity index (χ1n) is 6.40. The summed E-state index contributed by atoms with van der Waals surface area (Å²) in [4.78, 5) is 8.14. The standard InChI is InChI=1S/C14H16N6OS/c1-20(14(22)17-10-6-4-3-5-7-10)19-13(15)11-8-16-9-12(18-11)21-2/h3-9H,1-2H3,(H2,15,19)(H,17,22). The molecule has 1 aromatic carbocycles. The van der Waals surface area contributed by atoms with Gasteiger partial charge in [-0.05, 0) is 24.4 Å². The van der Waals surface area contributed by atoms with E-state index in [1.165, 1.54) is 24.5 Å². The molecule has 22 heavy (non-hydrogen) atoms. The molecule has 0 atom stereocenters. The van der Waals surface area contributed by atoms with Gasteiger partial charge in [0.15, 0.2) is 10.9 Å². The van der Waals surface area contributed by atoms with E-state index in [0.717, 1.165) is 5.69 Å². The van der Waals surface area contributed by atoms with Crippen molar-refractivity contribution in [2.45, 2.75) is 0 Å². The van der Waals surface area contributed by atoms with Crippen LogP contribution in [0.25, 0.3) is 0 Å². The summed E-state index contributed by atoms with van der Waals surface area (Å²) >= 11 is 5.27. The zero-order valence-electron chi connectivity index (χ0n) is 12.2. The molecular weight excluding hydrogens is 300 g/mol. The van der Waals surface area contributed by atoms with Crippen LogP contribution in [0.3, 0.4) is 0 Å². The van der Waals surface area contributed by atoms with E-state index in [2.05, 4.69) is 20.4 Å². The number of hydrogen-bond acceptors (Lipinski definition) is 5. The quantitative estimate of drug-likeness (QED) is 0.382. The molecule has 2 rings (SSSR count). The van der Waals surface area contributed by atoms with Gasteiger partial charge in [0.05, 0.1) is 19.5 Å². The van der Waals surface area contributed by atoms with Crippen LogP contribution in [0.4, 0.5) is 5.69 Å². The van der Waals surface area contributed by atoms with E-state index in [-0.39, 0.29) is 5.84 Å². The van der Waals surface area contributed by atoms with E-state index in [1.807, 2.05) is 30.3 Å². The van der Waals surface area contributed by atoms with Crippen LogP contribution in [0.1, 0.15) is 5.69 Å². The van der Waals surface area contributed by atoms with Gasteiger partial charge in [-0.25, -0.2) is 9.99 Å². The van der Waals surface area contributed by atoms with E-state index in [4.69, 9.17) is 22.7 Å². The predicted molar refractivity (Wildman–Crippen MR) is 89.7 cm³/mol. The minimum Gasteiger partial charge on any atom is -0.480 e. The number of rotatable bonds is 4. The van der Waals surface area contributed by atoms with Crippen LogP contribution >= 0.6 is 12.2 Å². The van der Waals surface area contributed by atoms with Gasteiger partial charge in [0.1, 0.15) is 5.69 Å². The van der Waals surface area contributed by atoms with Gasteiger partial charge in [0.25, 0.3) is 0 Å². The number of hydrazone groups is 1. The molecule has 3 N–H and O–H groups in total. The zero-order chi connectivity index (χ0) is 15.9. The minimum absolute atomic E-state index is 0.186. The Labute approximate surface area is 133 Å². The summed E-state index contributed by atoms with van der Waals surface area (Å²) in [5, 5.41) is 9.10. The normalized spacial score (nSPS) is 10.9. The van der Waals surface area contributed by atoms with Crippen molar-refractivity contribution in [3.05, 3.63) is 48.4 Å². The maximum absolute atomic E-state index is 5.91. The van der Waals surface area contributed by atoms with Crippen molar-refractivity contribution in [2.24, 2.45) is 10.8 Å². The predicted octanol–water partition coefficient (Wildman–Crippen LogP) is 1.43. The fourth-order valence-electron chi connectivity index (χ4n) is 1.55. The highest BCUT2D eigenvalue weighted by Gasteiger charge is 2.08. The fraction of sp³-hybridized carbons (Fsp3) is 0.143. The molecule has 0 aliphatic rings. The number of aromatic nitrogens is 2. The summed E-state index contributed by atoms with van der Waals surface area (Å²) in [7, 11) is 3.20. The summed E-state index contributed by atoms with van der Waals surface area (Å²) in [6.07, 6.45) is 2.99. The second kappa shape index (κ2) is 7.32. The third kappa shape index (κ3) is 4.13. The van der Waals surface area contributed by atoms with Crippen molar-refractivity contribution in [3.63, 3.8) is 0 Å². The number of anilines is 1. The van der Waals surface area contributed by atoms with E-state index in [9.17, 15) is 0 Å². The Kier molecular flexibility index (Phi) is 5.21. The number of nitrogens with zero attached hydrogens (tertiary/aromatic N) is 4. The minimum atomic E-state index is 0.186. The number of para-hydroxylation sites is 1. The molecule has 0 aliphatic heterocycles. The lowest BCUT2D eigenvalue weighted by atomic mass is 10.3. The Hall–Kier alpha value is -2.74. The summed E-state index contributed by atoms with van der Waals surface area (Å²) in [6, 6.07) is 9.56. The molecule has 0 fully saturated rings. The molecule has 0 bridgehead atoms. The molecule has 0 amide bonds. The Bertz CT molecular complexity index is 676. The third-order valence-electron chi connectivity index (χ3n) is 2.66. The monoisotopic (exact) mass is 316 g/mol. The molecule has 0 radical (unpaired) electrons. The van der Waals surface area contributed by atoms with E-state index in [0.29, 0.717) is 16.7 Å². The molecule has 0 aliphatic carbocycles. The first kappa shape index (κ1) is 15.6. The maximum Gasteiger partial charge on any atom is 0.232 e. The van der Waals surface area contributed by atoms with Gasteiger partial charge in [0.2, 0.25) is 5.88 Å². The molecule has 0 saturated carbocycles. The molecule has 0 unspecified atom stereocenters. The highest BCUT2D eigenvalue weighted by Crippen LogP contribution is 2.07. The first-order chi connectivity index (χ1) is 10.6. The number of nitrogens with one attached hydrogen (secondary N) is 1. The van der Waals surface area contributed by atoms with Gasteiger partial charge in [-0.2, -0.15) is 5.10 Å². The van der Waals surface area contributed by atoms with Gasteiger partial charge in [-0.3, -0.25) is 4.98 Å². The number of thiocarbonyl (C=S) groups is 1. The van der Waals surface area contributed by atoms with Gasteiger partial charge < -0.3 is 15.8 Å². The summed E-state index contributed by atoms with van der Waals surface area (Å²) < 4.78 is 5.00. The SMILES string of the molecule is COc1cncc(/C(N)=N/N(C)C(=S)Nc2ccccc2)n1. The smallest absolute Gasteiger partial charge is 0.232 e. The Balaban J connectivity index is 2.08. The van der Waals surface area contributed by atoms with Gasteiger partial charge in [-0.15, -0.1) is 0 Å². The number of benzene rings is 1. The number of amidine groups is 1. The van der Waals surface area contributed by atoms with Crippen LogP contribution in [-0.4, -0.2) is 40.1 Å². The topological polar surface area (TPSA) is 88.7 Å². The molecule has 1 aromatic heterocycles. The van der Waals surface area contributed by atoms with Crippen LogP contribution in [0.5, 0.6) is 5.88 Å². The van der Waals surface area contributed by atoms with Crippen molar-refractivity contribution in [1.29, 1.82) is 0 Å². The number of nitrogens with two attached hydrogens (primary N) is 1. The molecule has 114 valence electrons. The van der Waals surface area contributed by atoms with Crippen LogP contribution < -0.4 is 15.8 Å². The number of ether oxygens (including phenoxy) is 1. The van der Waals surface area contributed by atoms with Crippen molar-refractivity contribution in [2.75, 3.05) is 19.5 Å². The first-order valence-corrected chi connectivity index (χ1v) is 6.81. The average molecular weight is 316 g/mol.